The molecule has 9 heteroatoms. The normalized spacial score (nSPS) is 16.5. The highest BCUT2D eigenvalue weighted by Gasteiger charge is 2.48. The first-order chi connectivity index (χ1) is 12.6. The van der Waals surface area contributed by atoms with Crippen molar-refractivity contribution in [2.75, 3.05) is 14.2 Å². The van der Waals surface area contributed by atoms with E-state index < -0.39 is 35.4 Å². The van der Waals surface area contributed by atoms with E-state index in [4.69, 9.17) is 27.3 Å². The number of methoxy groups -OCH3 is 2. The molecule has 9 nitrogen and oxygen atoms in total. The minimum Gasteiger partial charge on any atom is -0.468 e. The Morgan fingerprint density at radius 3 is 2.19 bits per heavy atom. The van der Waals surface area contributed by atoms with Crippen molar-refractivity contribution in [2.45, 2.75) is 31.0 Å². The van der Waals surface area contributed by atoms with E-state index in [1.807, 2.05) is 0 Å². The molecule has 0 fully saturated rings. The molecule has 1 rings (SSSR count). The number of ketones is 1. The molecule has 1 aromatic carbocycles. The number of ether oxygens (including phenoxy) is 2. The Morgan fingerprint density at radius 1 is 1.22 bits per heavy atom. The number of nitrogens with one attached hydrogen (secondary N) is 1. The monoisotopic (exact) mass is 378 g/mol. The molecule has 27 heavy (non-hydrogen) atoms. The second-order valence-electron chi connectivity index (χ2n) is 6.24. The van der Waals surface area contributed by atoms with Crippen LogP contribution < -0.4 is 17.2 Å². The van der Waals surface area contributed by atoms with Crippen LogP contribution in [0.25, 0.3) is 0 Å². The first kappa shape index (κ1) is 22.4. The van der Waals surface area contributed by atoms with Crippen molar-refractivity contribution in [3.05, 3.63) is 35.4 Å². The summed E-state index contributed by atoms with van der Waals surface area (Å²) in [6, 6.07) is 3.91. The molecule has 0 aliphatic carbocycles. The molecular formula is C18H26N4O5. The predicted molar refractivity (Wildman–Crippen MR) is 99.0 cm³/mol. The molecule has 0 amide bonds. The van der Waals surface area contributed by atoms with Gasteiger partial charge in [0.1, 0.15) is 23.8 Å². The van der Waals surface area contributed by atoms with E-state index in [0.717, 1.165) is 7.11 Å². The first-order valence-corrected chi connectivity index (χ1v) is 8.20. The minimum atomic E-state index is -1.36. The van der Waals surface area contributed by atoms with Crippen LogP contribution in [0.4, 0.5) is 0 Å². The molecule has 0 radical (unpaired) electrons. The Balaban J connectivity index is 3.48. The Kier molecular flexibility index (Phi) is 7.77. The maximum atomic E-state index is 12.9. The van der Waals surface area contributed by atoms with Gasteiger partial charge in [0.05, 0.1) is 19.1 Å². The third-order valence-corrected chi connectivity index (χ3v) is 4.64. The van der Waals surface area contributed by atoms with Crippen LogP contribution in [0.3, 0.4) is 0 Å². The second kappa shape index (κ2) is 9.36. The zero-order chi connectivity index (χ0) is 20.8. The van der Waals surface area contributed by atoms with Crippen molar-refractivity contribution in [3.8, 4) is 0 Å². The van der Waals surface area contributed by atoms with Gasteiger partial charge < -0.3 is 31.5 Å². The number of carbonyl (C=O) groups is 3. The van der Waals surface area contributed by atoms with Crippen molar-refractivity contribution >= 4 is 23.9 Å². The quantitative estimate of drug-likeness (QED) is 0.181. The third-order valence-electron chi connectivity index (χ3n) is 4.64. The van der Waals surface area contributed by atoms with Gasteiger partial charge in [0.15, 0.2) is 5.78 Å². The van der Waals surface area contributed by atoms with Crippen molar-refractivity contribution in [3.63, 3.8) is 0 Å². The predicted octanol–water partition coefficient (Wildman–Crippen LogP) is -0.566. The van der Waals surface area contributed by atoms with E-state index >= 15 is 0 Å². The van der Waals surface area contributed by atoms with Gasteiger partial charge >= 0.3 is 5.97 Å². The SMILES string of the molecule is COC(=O)C(N)C(C(=O)C(N)CC=O)C(C)(OC)c1ccc(C(=N)N)cc1. The van der Waals surface area contributed by atoms with Crippen LogP contribution in [0, 0.1) is 11.3 Å². The Morgan fingerprint density at radius 2 is 1.78 bits per heavy atom. The molecule has 0 saturated heterocycles. The number of rotatable bonds is 10. The van der Waals surface area contributed by atoms with Crippen LogP contribution in [-0.4, -0.2) is 50.2 Å². The lowest BCUT2D eigenvalue weighted by atomic mass is 9.73. The van der Waals surface area contributed by atoms with Gasteiger partial charge in [-0.15, -0.1) is 0 Å². The van der Waals surface area contributed by atoms with Gasteiger partial charge in [0.25, 0.3) is 0 Å². The number of hydrogen-bond acceptors (Lipinski definition) is 8. The molecular weight excluding hydrogens is 352 g/mol. The fourth-order valence-corrected chi connectivity index (χ4v) is 2.92. The number of nitrogen functional groups attached to an aromatic ring is 1. The fourth-order valence-electron chi connectivity index (χ4n) is 2.92. The molecule has 4 unspecified atom stereocenters. The highest BCUT2D eigenvalue weighted by atomic mass is 16.5. The number of aldehydes is 1. The second-order valence-corrected chi connectivity index (χ2v) is 6.24. The van der Waals surface area contributed by atoms with Gasteiger partial charge in [0.2, 0.25) is 0 Å². The molecule has 1 aromatic rings. The number of nitrogens with two attached hydrogens (primary N) is 3. The number of amidine groups is 1. The molecule has 0 saturated carbocycles. The fraction of sp³-hybridized carbons (Fsp3) is 0.444. The van der Waals surface area contributed by atoms with Crippen LogP contribution in [0.1, 0.15) is 24.5 Å². The van der Waals surface area contributed by atoms with Crippen molar-refractivity contribution in [1.29, 1.82) is 5.41 Å². The summed E-state index contributed by atoms with van der Waals surface area (Å²) in [4.78, 5) is 35.8. The molecule has 0 heterocycles. The van der Waals surface area contributed by atoms with Gasteiger partial charge in [-0.1, -0.05) is 24.3 Å². The maximum Gasteiger partial charge on any atom is 0.323 e. The lowest BCUT2D eigenvalue weighted by Crippen LogP contribution is -2.56. The first-order valence-electron chi connectivity index (χ1n) is 8.20. The summed E-state index contributed by atoms with van der Waals surface area (Å²) >= 11 is 0. The molecule has 7 N–H and O–H groups in total. The van der Waals surface area contributed by atoms with Gasteiger partial charge in [0, 0.05) is 19.1 Å². The molecule has 0 spiro atoms. The van der Waals surface area contributed by atoms with Crippen LogP contribution in [0.2, 0.25) is 0 Å². The topological polar surface area (TPSA) is 172 Å². The standard InChI is InChI=1S/C18H26N4O5/c1-18(27-3,11-6-4-10(5-7-11)16(21)22)13(14(20)17(25)26-2)15(24)12(19)8-9-23/h4-7,9,12-14H,8,19-20H2,1-3H3,(H3,21,22). The van der Waals surface area contributed by atoms with Crippen LogP contribution in [0.5, 0.6) is 0 Å². The van der Waals surface area contributed by atoms with E-state index in [1.54, 1.807) is 31.2 Å². The number of esters is 1. The van der Waals surface area contributed by atoms with Crippen molar-refractivity contribution in [2.24, 2.45) is 23.1 Å². The zero-order valence-electron chi connectivity index (χ0n) is 15.6. The molecule has 148 valence electrons. The summed E-state index contributed by atoms with van der Waals surface area (Å²) in [5, 5.41) is 7.47. The van der Waals surface area contributed by atoms with Crippen LogP contribution in [-0.2, 0) is 29.5 Å². The zero-order valence-corrected chi connectivity index (χ0v) is 15.6. The van der Waals surface area contributed by atoms with Crippen LogP contribution in [0.15, 0.2) is 24.3 Å². The molecule has 0 aromatic heterocycles. The van der Waals surface area contributed by atoms with E-state index in [2.05, 4.69) is 4.74 Å². The summed E-state index contributed by atoms with van der Waals surface area (Å²) in [6.07, 6.45) is 0.307. The van der Waals surface area contributed by atoms with Gasteiger partial charge in [-0.2, -0.15) is 0 Å². The number of hydrogen-bond donors (Lipinski definition) is 4. The number of benzene rings is 1. The maximum absolute atomic E-state index is 12.9. The summed E-state index contributed by atoms with van der Waals surface area (Å²) in [5.41, 5.74) is 16.9. The van der Waals surface area contributed by atoms with Crippen molar-refractivity contribution < 1.29 is 23.9 Å². The van der Waals surface area contributed by atoms with Crippen LogP contribution >= 0.6 is 0 Å². The van der Waals surface area contributed by atoms with Gasteiger partial charge in [-0.25, -0.2) is 0 Å². The summed E-state index contributed by atoms with van der Waals surface area (Å²) < 4.78 is 10.3. The highest BCUT2D eigenvalue weighted by Crippen LogP contribution is 2.36. The average Bonchev–Trinajstić information content (AvgIpc) is 2.67. The smallest absolute Gasteiger partial charge is 0.323 e. The van der Waals surface area contributed by atoms with Crippen molar-refractivity contribution in [1.82, 2.24) is 0 Å². The summed E-state index contributed by atoms with van der Waals surface area (Å²) in [7, 11) is 2.52. The summed E-state index contributed by atoms with van der Waals surface area (Å²) in [6.45, 7) is 1.59. The largest absolute Gasteiger partial charge is 0.468 e. The Bertz CT molecular complexity index is 706. The molecule has 4 atom stereocenters. The lowest BCUT2D eigenvalue weighted by molar-refractivity contribution is -0.155. The molecule has 0 aliphatic rings. The molecule has 0 aliphatic heterocycles. The number of Topliss-reactive ketones (excluding diaryl/α,β-unsaturated/α-hetero) is 1. The van der Waals surface area contributed by atoms with E-state index in [-0.39, 0.29) is 12.3 Å². The average molecular weight is 378 g/mol. The Labute approximate surface area is 157 Å². The van der Waals surface area contributed by atoms with Gasteiger partial charge in [-0.3, -0.25) is 15.0 Å². The van der Waals surface area contributed by atoms with E-state index in [1.165, 1.54) is 7.11 Å². The Hall–Kier alpha value is -2.62. The third kappa shape index (κ3) is 4.76. The number of carbonyl (C=O) groups excluding carboxylic acids is 3. The lowest BCUT2D eigenvalue weighted by Gasteiger charge is -2.39. The highest BCUT2D eigenvalue weighted by molar-refractivity contribution is 5.95. The van der Waals surface area contributed by atoms with Gasteiger partial charge in [-0.05, 0) is 12.5 Å². The summed E-state index contributed by atoms with van der Waals surface area (Å²) in [5.74, 6) is -2.74. The van der Waals surface area contributed by atoms with E-state index in [9.17, 15) is 14.4 Å². The molecule has 0 bridgehead atoms. The van der Waals surface area contributed by atoms with E-state index in [0.29, 0.717) is 17.4 Å². The minimum absolute atomic E-state index is 0.118.